The van der Waals surface area contributed by atoms with Crippen molar-refractivity contribution in [3.63, 3.8) is 0 Å². The minimum Gasteiger partial charge on any atom is -0.339 e. The van der Waals surface area contributed by atoms with Crippen molar-refractivity contribution < 1.29 is 9.32 Å². The van der Waals surface area contributed by atoms with Gasteiger partial charge in [0.1, 0.15) is 0 Å². The van der Waals surface area contributed by atoms with Crippen LogP contribution in [0.4, 0.5) is 0 Å². The summed E-state index contributed by atoms with van der Waals surface area (Å²) in [6.45, 7) is 3.11. The summed E-state index contributed by atoms with van der Waals surface area (Å²) in [5, 5.41) is 4.08. The van der Waals surface area contributed by atoms with Crippen molar-refractivity contribution in [3.05, 3.63) is 65.8 Å². The zero-order valence-corrected chi connectivity index (χ0v) is 13.9. The number of likely N-dealkylation sites (tertiary alicyclic amines) is 1. The van der Waals surface area contributed by atoms with Gasteiger partial charge in [-0.2, -0.15) is 4.98 Å². The first kappa shape index (κ1) is 15.5. The lowest BCUT2D eigenvalue weighted by Crippen LogP contribution is -2.24. The number of aromatic nitrogens is 3. The van der Waals surface area contributed by atoms with Gasteiger partial charge >= 0.3 is 0 Å². The molecule has 0 N–H and O–H groups in total. The van der Waals surface area contributed by atoms with Gasteiger partial charge < -0.3 is 9.42 Å². The van der Waals surface area contributed by atoms with E-state index in [0.29, 0.717) is 31.2 Å². The van der Waals surface area contributed by atoms with Gasteiger partial charge in [-0.15, -0.1) is 0 Å². The predicted molar refractivity (Wildman–Crippen MR) is 91.5 cm³/mol. The third-order valence-electron chi connectivity index (χ3n) is 4.36. The molecular formula is C19H18N4O2. The standard InChI is InChI=1S/C19H18N4O2/c1-13-5-4-6-14(9-13)18-21-19(25-22-18)15-10-17(24)23(11-15)12-16-7-2-3-8-20-16/h2-9,15H,10-12H2,1H3. The first-order valence-corrected chi connectivity index (χ1v) is 8.27. The van der Waals surface area contributed by atoms with Gasteiger partial charge in [-0.05, 0) is 25.1 Å². The lowest BCUT2D eigenvalue weighted by Gasteiger charge is -2.15. The van der Waals surface area contributed by atoms with E-state index in [2.05, 4.69) is 15.1 Å². The Kier molecular flexibility index (Phi) is 4.01. The van der Waals surface area contributed by atoms with Crippen molar-refractivity contribution in [1.29, 1.82) is 0 Å². The lowest BCUT2D eigenvalue weighted by atomic mass is 10.1. The molecule has 1 unspecified atom stereocenters. The number of rotatable bonds is 4. The Bertz CT molecular complexity index is 891. The molecule has 1 atom stereocenters. The number of carbonyl (C=O) groups is 1. The maximum Gasteiger partial charge on any atom is 0.232 e. The summed E-state index contributed by atoms with van der Waals surface area (Å²) in [5.41, 5.74) is 2.94. The molecule has 1 amide bonds. The van der Waals surface area contributed by atoms with Crippen LogP contribution in [0.2, 0.25) is 0 Å². The van der Waals surface area contributed by atoms with Crippen LogP contribution in [0.5, 0.6) is 0 Å². The first-order chi connectivity index (χ1) is 12.2. The summed E-state index contributed by atoms with van der Waals surface area (Å²) in [6, 6.07) is 13.7. The molecule has 0 aliphatic carbocycles. The van der Waals surface area contributed by atoms with E-state index in [1.165, 1.54) is 0 Å². The van der Waals surface area contributed by atoms with Gasteiger partial charge in [0, 0.05) is 24.7 Å². The maximum atomic E-state index is 12.3. The van der Waals surface area contributed by atoms with Crippen molar-refractivity contribution in [2.24, 2.45) is 0 Å². The molecule has 1 aromatic carbocycles. The van der Waals surface area contributed by atoms with Gasteiger partial charge in [0.25, 0.3) is 0 Å². The zero-order chi connectivity index (χ0) is 17.2. The van der Waals surface area contributed by atoms with Crippen molar-refractivity contribution in [2.75, 3.05) is 6.54 Å². The van der Waals surface area contributed by atoms with Gasteiger partial charge in [-0.25, -0.2) is 0 Å². The Morgan fingerprint density at radius 3 is 2.96 bits per heavy atom. The smallest absolute Gasteiger partial charge is 0.232 e. The molecule has 0 radical (unpaired) electrons. The molecule has 3 aromatic rings. The minimum absolute atomic E-state index is 0.0673. The summed E-state index contributed by atoms with van der Waals surface area (Å²) < 4.78 is 5.43. The monoisotopic (exact) mass is 334 g/mol. The third kappa shape index (κ3) is 3.28. The quantitative estimate of drug-likeness (QED) is 0.733. The van der Waals surface area contributed by atoms with Gasteiger partial charge in [-0.1, -0.05) is 35.0 Å². The van der Waals surface area contributed by atoms with Crippen LogP contribution in [0.25, 0.3) is 11.4 Å². The number of hydrogen-bond donors (Lipinski definition) is 0. The summed E-state index contributed by atoms with van der Waals surface area (Å²) >= 11 is 0. The molecule has 1 fully saturated rings. The van der Waals surface area contributed by atoms with Gasteiger partial charge in [0.05, 0.1) is 18.2 Å². The van der Waals surface area contributed by atoms with Crippen LogP contribution in [-0.4, -0.2) is 32.5 Å². The number of amides is 1. The van der Waals surface area contributed by atoms with E-state index in [9.17, 15) is 4.79 Å². The van der Waals surface area contributed by atoms with Crippen LogP contribution in [0.3, 0.4) is 0 Å². The molecule has 0 bridgehead atoms. The molecule has 6 heteroatoms. The molecule has 126 valence electrons. The molecular weight excluding hydrogens is 316 g/mol. The minimum atomic E-state index is -0.0673. The molecule has 1 saturated heterocycles. The Labute approximate surface area is 145 Å². The SMILES string of the molecule is Cc1cccc(-c2noc(C3CC(=O)N(Cc4ccccn4)C3)n2)c1. The van der Waals surface area contributed by atoms with E-state index in [-0.39, 0.29) is 11.8 Å². The summed E-state index contributed by atoms with van der Waals surface area (Å²) in [5.74, 6) is 1.11. The van der Waals surface area contributed by atoms with E-state index in [4.69, 9.17) is 4.52 Å². The van der Waals surface area contributed by atoms with Crippen molar-refractivity contribution in [2.45, 2.75) is 25.8 Å². The van der Waals surface area contributed by atoms with E-state index >= 15 is 0 Å². The fraction of sp³-hybridized carbons (Fsp3) is 0.263. The second kappa shape index (κ2) is 6.47. The lowest BCUT2D eigenvalue weighted by molar-refractivity contribution is -0.128. The summed E-state index contributed by atoms with van der Waals surface area (Å²) in [6.07, 6.45) is 2.13. The Morgan fingerprint density at radius 2 is 2.16 bits per heavy atom. The predicted octanol–water partition coefficient (Wildman–Crippen LogP) is 2.96. The fourth-order valence-electron chi connectivity index (χ4n) is 3.08. The molecule has 2 aromatic heterocycles. The Hall–Kier alpha value is -3.02. The fourth-order valence-corrected chi connectivity index (χ4v) is 3.08. The largest absolute Gasteiger partial charge is 0.339 e. The topological polar surface area (TPSA) is 72.1 Å². The van der Waals surface area contributed by atoms with Gasteiger partial charge in [0.2, 0.25) is 17.6 Å². The molecule has 0 saturated carbocycles. The molecule has 3 heterocycles. The van der Waals surface area contributed by atoms with E-state index < -0.39 is 0 Å². The number of pyridine rings is 1. The second-order valence-corrected chi connectivity index (χ2v) is 6.32. The highest BCUT2D eigenvalue weighted by molar-refractivity contribution is 5.79. The van der Waals surface area contributed by atoms with E-state index in [0.717, 1.165) is 16.8 Å². The van der Waals surface area contributed by atoms with Crippen LogP contribution in [-0.2, 0) is 11.3 Å². The molecule has 0 spiro atoms. The highest BCUT2D eigenvalue weighted by atomic mass is 16.5. The summed E-state index contributed by atoms with van der Waals surface area (Å²) in [7, 11) is 0. The maximum absolute atomic E-state index is 12.3. The molecule has 4 rings (SSSR count). The van der Waals surface area contributed by atoms with Crippen molar-refractivity contribution in [3.8, 4) is 11.4 Å². The zero-order valence-electron chi connectivity index (χ0n) is 13.9. The van der Waals surface area contributed by atoms with Crippen LogP contribution < -0.4 is 0 Å². The highest BCUT2D eigenvalue weighted by Crippen LogP contribution is 2.29. The molecule has 25 heavy (non-hydrogen) atoms. The molecule has 6 nitrogen and oxygen atoms in total. The Balaban J connectivity index is 1.49. The molecule has 1 aliphatic rings. The first-order valence-electron chi connectivity index (χ1n) is 8.27. The van der Waals surface area contributed by atoms with Gasteiger partial charge in [-0.3, -0.25) is 9.78 Å². The highest BCUT2D eigenvalue weighted by Gasteiger charge is 2.34. The van der Waals surface area contributed by atoms with Gasteiger partial charge in [0.15, 0.2) is 0 Å². The number of carbonyl (C=O) groups excluding carboxylic acids is 1. The van der Waals surface area contributed by atoms with E-state index in [1.807, 2.05) is 49.4 Å². The van der Waals surface area contributed by atoms with Crippen molar-refractivity contribution in [1.82, 2.24) is 20.0 Å². The van der Waals surface area contributed by atoms with Crippen LogP contribution >= 0.6 is 0 Å². The third-order valence-corrected chi connectivity index (χ3v) is 4.36. The Morgan fingerprint density at radius 1 is 1.24 bits per heavy atom. The molecule has 1 aliphatic heterocycles. The number of hydrogen-bond acceptors (Lipinski definition) is 5. The summed E-state index contributed by atoms with van der Waals surface area (Å²) in [4.78, 5) is 22.9. The van der Waals surface area contributed by atoms with Crippen LogP contribution in [0, 0.1) is 6.92 Å². The van der Waals surface area contributed by atoms with Crippen LogP contribution in [0.1, 0.15) is 29.5 Å². The normalized spacial score (nSPS) is 17.2. The van der Waals surface area contributed by atoms with Crippen LogP contribution in [0.15, 0.2) is 53.2 Å². The number of nitrogens with zero attached hydrogens (tertiary/aromatic N) is 4. The van der Waals surface area contributed by atoms with Crippen molar-refractivity contribution >= 4 is 5.91 Å². The average molecular weight is 334 g/mol. The van der Waals surface area contributed by atoms with E-state index in [1.54, 1.807) is 11.1 Å². The number of aryl methyl sites for hydroxylation is 1. The average Bonchev–Trinajstić information content (AvgIpc) is 3.24. The number of benzene rings is 1. The second-order valence-electron chi connectivity index (χ2n) is 6.32.